The molecule has 24 heavy (non-hydrogen) atoms. The minimum absolute atomic E-state index is 0.0614. The molecule has 2 aromatic rings. The first-order chi connectivity index (χ1) is 11.5. The molecule has 1 amide bonds. The van der Waals surface area contributed by atoms with Gasteiger partial charge in [0.15, 0.2) is 0 Å². The zero-order valence-corrected chi connectivity index (χ0v) is 14.0. The van der Waals surface area contributed by atoms with E-state index >= 15 is 0 Å². The fourth-order valence-corrected chi connectivity index (χ4v) is 3.38. The van der Waals surface area contributed by atoms with Crippen molar-refractivity contribution in [3.05, 3.63) is 59.9 Å². The van der Waals surface area contributed by atoms with Crippen molar-refractivity contribution < 1.29 is 14.6 Å². The molecular weight excluding hydrogens is 304 g/mol. The van der Waals surface area contributed by atoms with E-state index in [0.717, 1.165) is 24.2 Å². The molecule has 2 heterocycles. The molecule has 1 aromatic heterocycles. The summed E-state index contributed by atoms with van der Waals surface area (Å²) >= 11 is 0. The molecule has 1 aromatic carbocycles. The third-order valence-electron chi connectivity index (χ3n) is 4.76. The van der Waals surface area contributed by atoms with E-state index in [0.29, 0.717) is 12.1 Å². The number of methoxy groups -OCH3 is 1. The Balaban J connectivity index is 1.87. The molecule has 3 rings (SSSR count). The summed E-state index contributed by atoms with van der Waals surface area (Å²) < 4.78 is 5.17. The molecule has 5 nitrogen and oxygen atoms in total. The monoisotopic (exact) mass is 326 g/mol. The quantitative estimate of drug-likeness (QED) is 0.938. The summed E-state index contributed by atoms with van der Waals surface area (Å²) in [5, 5.41) is 11.2. The van der Waals surface area contributed by atoms with E-state index in [-0.39, 0.29) is 11.9 Å². The van der Waals surface area contributed by atoms with Crippen LogP contribution in [0.3, 0.4) is 0 Å². The molecule has 0 unspecified atom stereocenters. The zero-order valence-electron chi connectivity index (χ0n) is 14.0. The number of hydrogen-bond acceptors (Lipinski definition) is 4. The Morgan fingerprint density at radius 3 is 2.54 bits per heavy atom. The Hall–Kier alpha value is -2.40. The average Bonchev–Trinajstić information content (AvgIpc) is 3.12. The smallest absolute Gasteiger partial charge is 0.254 e. The van der Waals surface area contributed by atoms with Gasteiger partial charge in [-0.3, -0.25) is 9.78 Å². The van der Waals surface area contributed by atoms with Gasteiger partial charge in [-0.15, -0.1) is 0 Å². The van der Waals surface area contributed by atoms with Gasteiger partial charge in [-0.25, -0.2) is 0 Å². The molecule has 2 atom stereocenters. The van der Waals surface area contributed by atoms with Gasteiger partial charge < -0.3 is 14.7 Å². The molecule has 0 bridgehead atoms. The summed E-state index contributed by atoms with van der Waals surface area (Å²) in [4.78, 5) is 18.5. The molecule has 0 aliphatic carbocycles. The Kier molecular flexibility index (Phi) is 4.53. The zero-order chi connectivity index (χ0) is 17.2. The normalized spacial score (nSPS) is 19.8. The van der Waals surface area contributed by atoms with E-state index in [2.05, 4.69) is 4.98 Å². The third kappa shape index (κ3) is 2.99. The predicted molar refractivity (Wildman–Crippen MR) is 90.9 cm³/mol. The molecule has 1 fully saturated rings. The highest BCUT2D eigenvalue weighted by atomic mass is 16.5. The average molecular weight is 326 g/mol. The topological polar surface area (TPSA) is 62.7 Å². The van der Waals surface area contributed by atoms with Gasteiger partial charge in [0.05, 0.1) is 13.2 Å². The second kappa shape index (κ2) is 6.61. The lowest BCUT2D eigenvalue weighted by Gasteiger charge is -2.37. The van der Waals surface area contributed by atoms with Crippen molar-refractivity contribution in [2.24, 2.45) is 0 Å². The molecule has 1 aliphatic heterocycles. The highest BCUT2D eigenvalue weighted by molar-refractivity contribution is 5.94. The second-order valence-electron chi connectivity index (χ2n) is 6.27. The lowest BCUT2D eigenvalue weighted by Crippen LogP contribution is -2.48. The van der Waals surface area contributed by atoms with E-state index in [9.17, 15) is 9.90 Å². The van der Waals surface area contributed by atoms with Crippen LogP contribution in [0.2, 0.25) is 0 Å². The Morgan fingerprint density at radius 1 is 1.25 bits per heavy atom. The summed E-state index contributed by atoms with van der Waals surface area (Å²) in [6.45, 7) is 2.43. The minimum Gasteiger partial charge on any atom is -0.497 e. The van der Waals surface area contributed by atoms with Gasteiger partial charge in [-0.05, 0) is 49.6 Å². The van der Waals surface area contributed by atoms with Gasteiger partial charge in [-0.2, -0.15) is 0 Å². The van der Waals surface area contributed by atoms with Crippen LogP contribution in [0.25, 0.3) is 0 Å². The van der Waals surface area contributed by atoms with Gasteiger partial charge >= 0.3 is 0 Å². The van der Waals surface area contributed by atoms with Gasteiger partial charge in [0, 0.05) is 24.5 Å². The number of likely N-dealkylation sites (tertiary alicyclic amines) is 1. The summed E-state index contributed by atoms with van der Waals surface area (Å²) in [5.41, 5.74) is 0.260. The largest absolute Gasteiger partial charge is 0.497 e. The molecule has 0 radical (unpaired) electrons. The lowest BCUT2D eigenvalue weighted by atomic mass is 9.86. The first kappa shape index (κ1) is 16.5. The molecule has 1 aliphatic rings. The number of pyridine rings is 1. The van der Waals surface area contributed by atoms with Gasteiger partial charge in [0.25, 0.3) is 5.91 Å². The number of rotatable bonds is 4. The highest BCUT2D eigenvalue weighted by Crippen LogP contribution is 2.36. The molecule has 0 spiro atoms. The number of nitrogens with zero attached hydrogens (tertiary/aromatic N) is 2. The number of aliphatic hydroxyl groups is 1. The van der Waals surface area contributed by atoms with Crippen LogP contribution in [0.15, 0.2) is 48.8 Å². The van der Waals surface area contributed by atoms with E-state index in [1.807, 2.05) is 24.3 Å². The van der Waals surface area contributed by atoms with Crippen molar-refractivity contribution in [1.29, 1.82) is 0 Å². The molecule has 1 N–H and O–H groups in total. The maximum atomic E-state index is 12.8. The van der Waals surface area contributed by atoms with Crippen molar-refractivity contribution in [3.8, 4) is 5.75 Å². The highest BCUT2D eigenvalue weighted by Gasteiger charge is 2.42. The lowest BCUT2D eigenvalue weighted by molar-refractivity contribution is -0.0177. The van der Waals surface area contributed by atoms with Crippen molar-refractivity contribution in [1.82, 2.24) is 9.88 Å². The number of amides is 1. The van der Waals surface area contributed by atoms with Crippen molar-refractivity contribution in [3.63, 3.8) is 0 Å². The molecule has 5 heteroatoms. The number of aromatic nitrogens is 1. The summed E-state index contributed by atoms with van der Waals surface area (Å²) in [7, 11) is 1.61. The van der Waals surface area contributed by atoms with Crippen molar-refractivity contribution in [2.45, 2.75) is 31.4 Å². The molecule has 126 valence electrons. The van der Waals surface area contributed by atoms with Crippen LogP contribution in [-0.4, -0.2) is 40.6 Å². The molecule has 0 saturated carbocycles. The van der Waals surface area contributed by atoms with E-state index in [1.54, 1.807) is 43.5 Å². The Labute approximate surface area is 141 Å². The number of benzene rings is 1. The van der Waals surface area contributed by atoms with Crippen LogP contribution < -0.4 is 4.74 Å². The summed E-state index contributed by atoms with van der Waals surface area (Å²) in [6.07, 6.45) is 4.88. The SMILES string of the molecule is COc1ccc([C@](C)(O)[C@@H]2CCCN2C(=O)c2ccncc2)cc1. The van der Waals surface area contributed by atoms with Crippen LogP contribution in [0.1, 0.15) is 35.7 Å². The van der Waals surface area contributed by atoms with Crippen LogP contribution in [-0.2, 0) is 5.60 Å². The van der Waals surface area contributed by atoms with Crippen LogP contribution in [0, 0.1) is 0 Å². The van der Waals surface area contributed by atoms with Crippen LogP contribution in [0.5, 0.6) is 5.75 Å². The standard InChI is InChI=1S/C19H22N2O3/c1-19(23,15-5-7-16(24-2)8-6-15)17-4-3-13-21(17)18(22)14-9-11-20-12-10-14/h5-12,17,23H,3-4,13H2,1-2H3/t17-,19-/m0/s1. The summed E-state index contributed by atoms with van der Waals surface area (Å²) in [5.74, 6) is 0.680. The van der Waals surface area contributed by atoms with E-state index in [1.165, 1.54) is 0 Å². The first-order valence-electron chi connectivity index (χ1n) is 8.12. The van der Waals surface area contributed by atoms with Gasteiger partial charge in [0.2, 0.25) is 0 Å². The van der Waals surface area contributed by atoms with Crippen LogP contribution >= 0.6 is 0 Å². The number of carbonyl (C=O) groups is 1. The molecular formula is C19H22N2O3. The number of hydrogen-bond donors (Lipinski definition) is 1. The van der Waals surface area contributed by atoms with Crippen molar-refractivity contribution >= 4 is 5.91 Å². The minimum atomic E-state index is -1.12. The van der Waals surface area contributed by atoms with Gasteiger partial charge in [0.1, 0.15) is 11.4 Å². The fraction of sp³-hybridized carbons (Fsp3) is 0.368. The molecule has 1 saturated heterocycles. The summed E-state index contributed by atoms with van der Waals surface area (Å²) in [6, 6.07) is 10.5. The van der Waals surface area contributed by atoms with E-state index < -0.39 is 5.60 Å². The maximum absolute atomic E-state index is 12.8. The second-order valence-corrected chi connectivity index (χ2v) is 6.27. The van der Waals surface area contributed by atoms with Gasteiger partial charge in [-0.1, -0.05) is 12.1 Å². The number of ether oxygens (including phenoxy) is 1. The Bertz CT molecular complexity index is 698. The van der Waals surface area contributed by atoms with E-state index in [4.69, 9.17) is 4.74 Å². The third-order valence-corrected chi connectivity index (χ3v) is 4.76. The fourth-order valence-electron chi connectivity index (χ4n) is 3.38. The van der Waals surface area contributed by atoms with Crippen LogP contribution in [0.4, 0.5) is 0 Å². The maximum Gasteiger partial charge on any atom is 0.254 e. The first-order valence-corrected chi connectivity index (χ1v) is 8.12. The predicted octanol–water partition coefficient (Wildman–Crippen LogP) is 2.60. The van der Waals surface area contributed by atoms with Crippen molar-refractivity contribution in [2.75, 3.05) is 13.7 Å². The number of carbonyl (C=O) groups excluding carboxylic acids is 1. The Morgan fingerprint density at radius 2 is 1.92 bits per heavy atom.